The highest BCUT2D eigenvalue weighted by Gasteiger charge is 2.54. The first kappa shape index (κ1) is 30.3. The zero-order valence-corrected chi connectivity index (χ0v) is 24.5. The molecule has 6 bridgehead atoms. The van der Waals surface area contributed by atoms with Crippen molar-refractivity contribution in [3.05, 3.63) is 43.0 Å². The highest BCUT2D eigenvalue weighted by molar-refractivity contribution is 7.52. The Balaban J connectivity index is 1.42. The number of carbonyl (C=O) groups excluding carboxylic acids is 1. The van der Waals surface area contributed by atoms with Crippen LogP contribution < -0.4 is 14.9 Å². The Morgan fingerprint density at radius 2 is 1.88 bits per heavy atom. The van der Waals surface area contributed by atoms with Gasteiger partial charge in [-0.2, -0.15) is 5.09 Å². The molecule has 0 spiro atoms. The van der Waals surface area contributed by atoms with E-state index in [1.807, 2.05) is 0 Å². The topological polar surface area (TPSA) is 179 Å². The van der Waals surface area contributed by atoms with Crippen LogP contribution in [0.4, 0.5) is 5.82 Å². The zero-order chi connectivity index (χ0) is 29.7. The molecule has 3 aromatic rings. The molecular weight excluding hydrogens is 567 g/mol. The number of esters is 1. The first-order chi connectivity index (χ1) is 20.2. The molecule has 4 N–H and O–H groups in total. The number of aliphatic hydroxyl groups is 2. The Kier molecular flexibility index (Phi) is 9.41. The number of ether oxygens (including phenoxy) is 2. The minimum atomic E-state index is -4.22. The van der Waals surface area contributed by atoms with Crippen LogP contribution in [0.25, 0.3) is 11.2 Å². The summed E-state index contributed by atoms with van der Waals surface area (Å²) in [5, 5.41) is 28.3. The van der Waals surface area contributed by atoms with Crippen molar-refractivity contribution in [2.75, 3.05) is 25.1 Å². The third kappa shape index (κ3) is 6.74. The summed E-state index contributed by atoms with van der Waals surface area (Å²) in [4.78, 5) is 25.8. The first-order valence-corrected chi connectivity index (χ1v) is 15.6. The smallest absolute Gasteiger partial charge is 0.459 e. The van der Waals surface area contributed by atoms with E-state index in [1.165, 1.54) is 31.1 Å². The van der Waals surface area contributed by atoms with Crippen molar-refractivity contribution in [1.82, 2.24) is 24.6 Å². The Morgan fingerprint density at radius 1 is 1.12 bits per heavy atom. The van der Waals surface area contributed by atoms with Crippen LogP contribution in [0.5, 0.6) is 5.75 Å². The number of aliphatic hydroxyl groups excluding tert-OH is 1. The van der Waals surface area contributed by atoms with Crippen molar-refractivity contribution in [2.24, 2.45) is 0 Å². The lowest BCUT2D eigenvalue weighted by Crippen LogP contribution is -2.44. The van der Waals surface area contributed by atoms with Gasteiger partial charge >= 0.3 is 13.7 Å². The molecule has 14 nitrogen and oxygen atoms in total. The van der Waals surface area contributed by atoms with E-state index in [-0.39, 0.29) is 12.4 Å². The maximum atomic E-state index is 13.9. The third-order valence-corrected chi connectivity index (χ3v) is 8.95. The molecule has 2 aliphatic heterocycles. The Hall–Kier alpha value is -3.13. The van der Waals surface area contributed by atoms with E-state index < -0.39 is 50.4 Å². The van der Waals surface area contributed by atoms with Crippen LogP contribution in [0.1, 0.15) is 52.2 Å². The number of carbonyl (C=O) groups is 1. The van der Waals surface area contributed by atoms with Crippen LogP contribution in [0.15, 0.2) is 43.0 Å². The summed E-state index contributed by atoms with van der Waals surface area (Å²) >= 11 is 0. The van der Waals surface area contributed by atoms with E-state index in [0.717, 1.165) is 25.7 Å². The number of anilines is 1. The highest BCUT2D eigenvalue weighted by atomic mass is 31.2. The van der Waals surface area contributed by atoms with Gasteiger partial charge in [0.05, 0.1) is 19.5 Å². The average molecular weight is 605 g/mol. The van der Waals surface area contributed by atoms with E-state index in [9.17, 15) is 19.6 Å². The molecule has 2 aliphatic rings. The number of hydrogen-bond acceptors (Lipinski definition) is 12. The number of rotatable bonds is 2. The normalized spacial score (nSPS) is 32.0. The van der Waals surface area contributed by atoms with E-state index in [2.05, 4.69) is 25.4 Å². The molecule has 228 valence electrons. The summed E-state index contributed by atoms with van der Waals surface area (Å²) in [7, 11) is -4.22. The largest absolute Gasteiger partial charge is 0.465 e. The molecule has 0 radical (unpaired) electrons. The maximum Gasteiger partial charge on any atom is 0.459 e. The van der Waals surface area contributed by atoms with Crippen LogP contribution >= 0.6 is 7.75 Å². The predicted octanol–water partition coefficient (Wildman–Crippen LogP) is 2.94. The monoisotopic (exact) mass is 604 g/mol. The molecule has 0 saturated carbocycles. The minimum Gasteiger partial charge on any atom is -0.465 e. The second-order valence-electron chi connectivity index (χ2n) is 10.7. The first-order valence-electron chi connectivity index (χ1n) is 14.1. The molecule has 2 aromatic heterocycles. The number of para-hydroxylation sites is 1. The van der Waals surface area contributed by atoms with Gasteiger partial charge in [0.2, 0.25) is 0 Å². The Morgan fingerprint density at radius 3 is 2.69 bits per heavy atom. The molecule has 1 unspecified atom stereocenters. The molecule has 5 rings (SSSR count). The quantitative estimate of drug-likeness (QED) is 0.248. The lowest BCUT2D eigenvalue weighted by atomic mass is 9.96. The van der Waals surface area contributed by atoms with Gasteiger partial charge in [0.15, 0.2) is 23.2 Å². The summed E-state index contributed by atoms with van der Waals surface area (Å²) in [5.41, 5.74) is -0.903. The summed E-state index contributed by atoms with van der Waals surface area (Å²) in [5.74, 6) is 0.180. The average Bonchev–Trinajstić information content (AvgIpc) is 3.49. The molecular formula is C27H37N6O8P. The maximum absolute atomic E-state index is 13.9. The SMILES string of the molecule is C[C@H]1NP(=O)(Oc2ccccc2)OC[C@H]2O[C@@H](n3cnc4c(ncnc43)NCCCCCCCOC1=O)[C@](C)(O)[C@@H]2O. The van der Waals surface area contributed by atoms with Crippen LogP contribution in [0, 0.1) is 0 Å². The molecule has 42 heavy (non-hydrogen) atoms. The van der Waals surface area contributed by atoms with Gasteiger partial charge in [0.1, 0.15) is 35.9 Å². The fourth-order valence-electron chi connectivity index (χ4n) is 4.96. The minimum absolute atomic E-state index is 0.230. The number of cyclic esters (lactones) is 1. The number of benzene rings is 1. The van der Waals surface area contributed by atoms with Gasteiger partial charge in [-0.1, -0.05) is 37.5 Å². The Bertz CT molecular complexity index is 1410. The summed E-state index contributed by atoms with van der Waals surface area (Å²) < 4.78 is 38.3. The van der Waals surface area contributed by atoms with Crippen molar-refractivity contribution < 1.29 is 38.1 Å². The zero-order valence-electron chi connectivity index (χ0n) is 23.6. The van der Waals surface area contributed by atoms with E-state index in [4.69, 9.17) is 18.5 Å². The van der Waals surface area contributed by atoms with Crippen molar-refractivity contribution in [3.63, 3.8) is 0 Å². The molecule has 4 heterocycles. The molecule has 15 heteroatoms. The van der Waals surface area contributed by atoms with E-state index in [0.29, 0.717) is 29.9 Å². The molecule has 1 aromatic carbocycles. The number of fused-ring (bicyclic) bond motifs is 3. The molecule has 1 saturated heterocycles. The summed E-state index contributed by atoms with van der Waals surface area (Å²) in [6.07, 6.45) is 3.60. The van der Waals surface area contributed by atoms with Gasteiger partial charge in [-0.3, -0.25) is 13.9 Å². The predicted molar refractivity (Wildman–Crippen MR) is 152 cm³/mol. The van der Waals surface area contributed by atoms with Crippen LogP contribution in [-0.2, 0) is 23.4 Å². The summed E-state index contributed by atoms with van der Waals surface area (Å²) in [6.45, 7) is 3.39. The van der Waals surface area contributed by atoms with Gasteiger partial charge in [-0.25, -0.2) is 19.5 Å². The fraction of sp³-hybridized carbons (Fsp3) is 0.556. The van der Waals surface area contributed by atoms with Crippen LogP contribution in [-0.4, -0.2) is 79.3 Å². The van der Waals surface area contributed by atoms with Crippen molar-refractivity contribution >= 4 is 30.7 Å². The molecule has 0 aliphatic carbocycles. The number of nitrogens with one attached hydrogen (secondary N) is 2. The van der Waals surface area contributed by atoms with E-state index >= 15 is 0 Å². The highest BCUT2D eigenvalue weighted by Crippen LogP contribution is 2.47. The number of nitrogens with zero attached hydrogens (tertiary/aromatic N) is 4. The van der Waals surface area contributed by atoms with Crippen molar-refractivity contribution in [3.8, 4) is 5.75 Å². The van der Waals surface area contributed by atoms with Gasteiger partial charge in [0, 0.05) is 6.54 Å². The number of aromatic nitrogens is 4. The van der Waals surface area contributed by atoms with Crippen molar-refractivity contribution in [2.45, 2.75) is 76.0 Å². The third-order valence-electron chi connectivity index (χ3n) is 7.31. The Labute approximate surface area is 243 Å². The fourth-order valence-corrected chi connectivity index (χ4v) is 6.47. The molecule has 6 atom stereocenters. The second-order valence-corrected chi connectivity index (χ2v) is 12.3. The van der Waals surface area contributed by atoms with E-state index in [1.54, 1.807) is 30.3 Å². The molecule has 1 fully saturated rings. The lowest BCUT2D eigenvalue weighted by molar-refractivity contribution is -0.145. The second kappa shape index (κ2) is 13.0. The van der Waals surface area contributed by atoms with Gasteiger partial charge in [-0.05, 0) is 38.8 Å². The lowest BCUT2D eigenvalue weighted by Gasteiger charge is -2.27. The number of imidazole rings is 1. The van der Waals surface area contributed by atoms with Crippen molar-refractivity contribution in [1.29, 1.82) is 0 Å². The summed E-state index contributed by atoms with van der Waals surface area (Å²) in [6, 6.07) is 7.31. The standard InChI is InChI=1S/C27H37N6O8P/c1-18-25(35)38-14-10-5-3-4-9-13-28-23-21-24(30-16-29-23)33(17-31-21)26-27(2,36)22(34)20(40-26)15-39-42(37,32-18)41-19-11-7-6-8-12-19/h6-8,11-12,16-18,20,22,26,34,36H,3-5,9-10,13-15H2,1-2H3,(H,32,37)(H,28,29,30)/t18-,20-,22-,26-,27-,42?/m1/s1. The van der Waals surface area contributed by atoms with Crippen LogP contribution in [0.2, 0.25) is 0 Å². The van der Waals surface area contributed by atoms with Crippen LogP contribution in [0.3, 0.4) is 0 Å². The molecule has 0 amide bonds. The van der Waals surface area contributed by atoms with Gasteiger partial charge < -0.3 is 29.5 Å². The van der Waals surface area contributed by atoms with Gasteiger partial charge in [0.25, 0.3) is 0 Å². The van der Waals surface area contributed by atoms with Gasteiger partial charge in [-0.15, -0.1) is 0 Å². The number of hydrogen-bond donors (Lipinski definition) is 4.